The number of likely N-dealkylation sites (tertiary alicyclic amines) is 1. The second kappa shape index (κ2) is 10.4. The molecule has 1 heterocycles. The first-order chi connectivity index (χ1) is 15.5. The van der Waals surface area contributed by atoms with Crippen molar-refractivity contribution >= 4 is 22.0 Å². The quantitative estimate of drug-likeness (QED) is 0.694. The smallest absolute Gasteiger partial charge is 0.407 e. The fourth-order valence-electron chi connectivity index (χ4n) is 4.46. The average Bonchev–Trinajstić information content (AvgIpc) is 2.78. The maximum absolute atomic E-state index is 13.0. The number of sulfonamides is 1. The van der Waals surface area contributed by atoms with Crippen LogP contribution in [0.1, 0.15) is 76.1 Å². The van der Waals surface area contributed by atoms with Crippen LogP contribution in [0.3, 0.4) is 0 Å². The van der Waals surface area contributed by atoms with E-state index >= 15 is 0 Å². The van der Waals surface area contributed by atoms with E-state index in [1.165, 1.54) is 16.4 Å². The van der Waals surface area contributed by atoms with Crippen LogP contribution in [0.2, 0.25) is 0 Å². The van der Waals surface area contributed by atoms with Crippen LogP contribution >= 0.6 is 0 Å². The minimum atomic E-state index is -3.58. The Balaban J connectivity index is 1.56. The summed E-state index contributed by atoms with van der Waals surface area (Å²) in [6.45, 7) is 6.49. The third-order valence-electron chi connectivity index (χ3n) is 6.37. The van der Waals surface area contributed by atoms with Crippen LogP contribution in [0.4, 0.5) is 4.79 Å². The number of benzene rings is 1. The third kappa shape index (κ3) is 6.69. The number of piperidine rings is 1. The van der Waals surface area contributed by atoms with Gasteiger partial charge in [0.1, 0.15) is 5.60 Å². The summed E-state index contributed by atoms with van der Waals surface area (Å²) >= 11 is 0. The topological polar surface area (TPSA) is 96.0 Å². The van der Waals surface area contributed by atoms with E-state index in [9.17, 15) is 18.0 Å². The van der Waals surface area contributed by atoms with E-state index in [4.69, 9.17) is 4.74 Å². The molecule has 1 N–H and O–H groups in total. The highest BCUT2D eigenvalue weighted by Crippen LogP contribution is 2.27. The highest BCUT2D eigenvalue weighted by Gasteiger charge is 2.30. The molecule has 0 bridgehead atoms. The van der Waals surface area contributed by atoms with Gasteiger partial charge in [-0.1, -0.05) is 19.3 Å². The van der Waals surface area contributed by atoms with Crippen molar-refractivity contribution in [3.05, 3.63) is 29.8 Å². The van der Waals surface area contributed by atoms with E-state index in [1.807, 2.05) is 20.8 Å². The first-order valence-corrected chi connectivity index (χ1v) is 13.3. The lowest BCUT2D eigenvalue weighted by atomic mass is 9.96. The molecule has 8 nitrogen and oxygen atoms in total. The highest BCUT2D eigenvalue weighted by molar-refractivity contribution is 7.89. The first-order valence-electron chi connectivity index (χ1n) is 11.8. The normalized spacial score (nSPS) is 18.9. The maximum atomic E-state index is 13.0. The predicted octanol–water partition coefficient (Wildman–Crippen LogP) is 3.77. The minimum absolute atomic E-state index is 0.0354. The molecule has 1 aliphatic heterocycles. The molecule has 1 aromatic carbocycles. The fourth-order valence-corrected chi connectivity index (χ4v) is 5.88. The van der Waals surface area contributed by atoms with Gasteiger partial charge in [-0.05, 0) is 70.7 Å². The summed E-state index contributed by atoms with van der Waals surface area (Å²) in [5.74, 6) is -0.129. The Kier molecular flexibility index (Phi) is 8.05. The molecule has 0 spiro atoms. The van der Waals surface area contributed by atoms with Crippen molar-refractivity contribution in [3.8, 4) is 0 Å². The van der Waals surface area contributed by atoms with Crippen molar-refractivity contribution in [2.24, 2.45) is 0 Å². The molecule has 2 fully saturated rings. The molecule has 2 amide bonds. The van der Waals surface area contributed by atoms with Gasteiger partial charge in [0.2, 0.25) is 10.0 Å². The van der Waals surface area contributed by atoms with Gasteiger partial charge in [-0.15, -0.1) is 0 Å². The fraction of sp³-hybridized carbons (Fsp3) is 0.667. The van der Waals surface area contributed by atoms with E-state index in [1.54, 1.807) is 24.1 Å². The monoisotopic (exact) mass is 479 g/mol. The van der Waals surface area contributed by atoms with Crippen molar-refractivity contribution in [3.63, 3.8) is 0 Å². The molecule has 1 aliphatic carbocycles. The Morgan fingerprint density at radius 3 is 2.12 bits per heavy atom. The van der Waals surface area contributed by atoms with Crippen molar-refractivity contribution in [2.45, 2.75) is 88.3 Å². The largest absolute Gasteiger partial charge is 0.444 e. The van der Waals surface area contributed by atoms with Crippen molar-refractivity contribution in [2.75, 3.05) is 20.1 Å². The third-order valence-corrected chi connectivity index (χ3v) is 8.29. The van der Waals surface area contributed by atoms with E-state index < -0.39 is 21.7 Å². The summed E-state index contributed by atoms with van der Waals surface area (Å²) in [4.78, 5) is 26.8. The Morgan fingerprint density at radius 2 is 1.58 bits per heavy atom. The molecule has 9 heteroatoms. The van der Waals surface area contributed by atoms with Gasteiger partial charge in [0.05, 0.1) is 4.90 Å². The number of carbonyl (C=O) groups excluding carboxylic acids is 2. The number of carbonyl (C=O) groups is 2. The molecule has 0 atom stereocenters. The molecule has 33 heavy (non-hydrogen) atoms. The molecular weight excluding hydrogens is 442 g/mol. The van der Waals surface area contributed by atoms with Gasteiger partial charge in [-0.25, -0.2) is 13.2 Å². The van der Waals surface area contributed by atoms with Crippen LogP contribution in [0.5, 0.6) is 0 Å². The number of hydrogen-bond donors (Lipinski definition) is 1. The Labute approximate surface area is 197 Å². The van der Waals surface area contributed by atoms with Crippen molar-refractivity contribution < 1.29 is 22.7 Å². The van der Waals surface area contributed by atoms with E-state index in [2.05, 4.69) is 5.32 Å². The van der Waals surface area contributed by atoms with Crippen molar-refractivity contribution in [1.29, 1.82) is 0 Å². The molecule has 0 unspecified atom stereocenters. The van der Waals surface area contributed by atoms with E-state index in [0.717, 1.165) is 32.1 Å². The molecule has 1 saturated heterocycles. The zero-order valence-electron chi connectivity index (χ0n) is 20.2. The van der Waals surface area contributed by atoms with Gasteiger partial charge in [-0.2, -0.15) is 4.31 Å². The van der Waals surface area contributed by atoms with Crippen LogP contribution in [0.25, 0.3) is 0 Å². The highest BCUT2D eigenvalue weighted by atomic mass is 32.2. The van der Waals surface area contributed by atoms with Crippen LogP contribution in [-0.2, 0) is 14.8 Å². The lowest BCUT2D eigenvalue weighted by molar-refractivity contribution is 0.0473. The lowest BCUT2D eigenvalue weighted by Crippen LogP contribution is -2.47. The first kappa shape index (κ1) is 25.5. The number of hydrogen-bond acceptors (Lipinski definition) is 5. The summed E-state index contributed by atoms with van der Waals surface area (Å²) in [7, 11) is -1.93. The van der Waals surface area contributed by atoms with Crippen LogP contribution in [0, 0.1) is 0 Å². The second-order valence-corrected chi connectivity index (χ2v) is 12.0. The number of ether oxygens (including phenoxy) is 1. The maximum Gasteiger partial charge on any atom is 0.407 e. The second-order valence-electron chi connectivity index (χ2n) is 10.1. The lowest BCUT2D eigenvalue weighted by Gasteiger charge is -2.33. The molecule has 184 valence electrons. The van der Waals surface area contributed by atoms with Crippen LogP contribution in [0.15, 0.2) is 29.2 Å². The molecule has 1 saturated carbocycles. The van der Waals surface area contributed by atoms with E-state index in [0.29, 0.717) is 31.5 Å². The van der Waals surface area contributed by atoms with Gasteiger partial charge >= 0.3 is 6.09 Å². The molecular formula is C24H37N3O5S. The SMILES string of the molecule is CN(C1CCCCC1)S(=O)(=O)c1ccc(C(=O)N2CCC(NC(=O)OC(C)(C)C)CC2)cc1. The number of amides is 2. The van der Waals surface area contributed by atoms with Crippen LogP contribution < -0.4 is 5.32 Å². The summed E-state index contributed by atoms with van der Waals surface area (Å²) in [5.41, 5.74) is -0.0844. The average molecular weight is 480 g/mol. The summed E-state index contributed by atoms with van der Waals surface area (Å²) < 4.78 is 32.8. The standard InChI is InChI=1S/C24H37N3O5S/c1-24(2,3)32-23(29)25-19-14-16-27(17-15-19)22(28)18-10-12-21(13-11-18)33(30,31)26(4)20-8-6-5-7-9-20/h10-13,19-20H,5-9,14-17H2,1-4H3,(H,25,29). The number of nitrogens with zero attached hydrogens (tertiary/aromatic N) is 2. The molecule has 1 aromatic rings. The zero-order valence-corrected chi connectivity index (χ0v) is 21.0. The zero-order chi connectivity index (χ0) is 24.2. The number of alkyl carbamates (subject to hydrolysis) is 1. The predicted molar refractivity (Wildman–Crippen MR) is 127 cm³/mol. The van der Waals surface area contributed by atoms with Gasteiger partial charge < -0.3 is 15.0 Å². The molecule has 0 aromatic heterocycles. The minimum Gasteiger partial charge on any atom is -0.444 e. The molecule has 3 rings (SSSR count). The number of rotatable bonds is 5. The van der Waals surface area contributed by atoms with Gasteiger partial charge in [-0.3, -0.25) is 4.79 Å². The van der Waals surface area contributed by atoms with E-state index in [-0.39, 0.29) is 22.9 Å². The number of nitrogens with one attached hydrogen (secondary N) is 1. The summed E-state index contributed by atoms with van der Waals surface area (Å²) in [6, 6.07) is 6.24. The Morgan fingerprint density at radius 1 is 1.00 bits per heavy atom. The summed E-state index contributed by atoms with van der Waals surface area (Å²) in [5, 5.41) is 2.87. The van der Waals surface area contributed by atoms with Gasteiger partial charge in [0.25, 0.3) is 5.91 Å². The molecule has 2 aliphatic rings. The van der Waals surface area contributed by atoms with Gasteiger partial charge in [0.15, 0.2) is 0 Å². The van der Waals surface area contributed by atoms with Crippen molar-refractivity contribution in [1.82, 2.24) is 14.5 Å². The Bertz CT molecular complexity index is 926. The van der Waals surface area contributed by atoms with Crippen LogP contribution in [-0.4, -0.2) is 67.4 Å². The summed E-state index contributed by atoms with van der Waals surface area (Å²) in [6.07, 6.45) is 5.91. The van der Waals surface area contributed by atoms with Gasteiger partial charge in [0, 0.05) is 37.8 Å². The molecule has 0 radical (unpaired) electrons. The Hall–Kier alpha value is -2.13.